The third-order valence-electron chi connectivity index (χ3n) is 5.66. The fraction of sp³-hybridized carbons (Fsp3) is 0.682. The predicted molar refractivity (Wildman–Crippen MR) is 112 cm³/mol. The van der Waals surface area contributed by atoms with Crippen molar-refractivity contribution in [3.8, 4) is 0 Å². The molecule has 2 aliphatic heterocycles. The number of nitrogens with zero attached hydrogens (tertiary/aromatic N) is 3. The van der Waals surface area contributed by atoms with Crippen LogP contribution in [0.15, 0.2) is 30.3 Å². The molecule has 2 N–H and O–H groups in total. The second kappa shape index (κ2) is 9.72. The maximum Gasteiger partial charge on any atom is 0.317 e. The lowest BCUT2D eigenvalue weighted by Crippen LogP contribution is -2.54. The van der Waals surface area contributed by atoms with E-state index in [1.807, 2.05) is 18.7 Å². The zero-order chi connectivity index (χ0) is 20.0. The molecular weight excluding hydrogens is 352 g/mol. The van der Waals surface area contributed by atoms with Crippen LogP contribution in [0.5, 0.6) is 0 Å². The highest BCUT2D eigenvalue weighted by atomic mass is 16.3. The van der Waals surface area contributed by atoms with Gasteiger partial charge < -0.3 is 15.3 Å². The molecule has 156 valence electrons. The predicted octanol–water partition coefficient (Wildman–Crippen LogP) is 2.00. The molecule has 0 saturated carbocycles. The second-order valence-corrected chi connectivity index (χ2v) is 8.99. The Balaban J connectivity index is 1.37. The summed E-state index contributed by atoms with van der Waals surface area (Å²) in [6.45, 7) is 11.4. The Morgan fingerprint density at radius 3 is 2.50 bits per heavy atom. The molecule has 6 heteroatoms. The largest absolute Gasteiger partial charge is 0.389 e. The molecule has 6 nitrogen and oxygen atoms in total. The molecule has 1 unspecified atom stereocenters. The molecule has 0 aliphatic carbocycles. The van der Waals surface area contributed by atoms with Crippen molar-refractivity contribution < 1.29 is 9.90 Å². The number of carbonyl (C=O) groups is 1. The first kappa shape index (κ1) is 21.1. The lowest BCUT2D eigenvalue weighted by molar-refractivity contribution is 0.0224. The summed E-state index contributed by atoms with van der Waals surface area (Å²) >= 11 is 0. The number of urea groups is 1. The van der Waals surface area contributed by atoms with Crippen molar-refractivity contribution in [2.75, 3.05) is 52.4 Å². The van der Waals surface area contributed by atoms with Gasteiger partial charge >= 0.3 is 6.03 Å². The van der Waals surface area contributed by atoms with E-state index in [0.717, 1.165) is 52.4 Å². The summed E-state index contributed by atoms with van der Waals surface area (Å²) in [5.41, 5.74) is 0.674. The summed E-state index contributed by atoms with van der Waals surface area (Å²) in [6, 6.07) is 10.7. The zero-order valence-corrected chi connectivity index (χ0v) is 17.4. The van der Waals surface area contributed by atoms with E-state index >= 15 is 0 Å². The Bertz CT molecular complexity index is 609. The van der Waals surface area contributed by atoms with Crippen LogP contribution in [0.3, 0.4) is 0 Å². The van der Waals surface area contributed by atoms with Crippen LogP contribution >= 0.6 is 0 Å². The first-order valence-corrected chi connectivity index (χ1v) is 10.6. The molecule has 2 saturated heterocycles. The Hall–Kier alpha value is -1.63. The maximum absolute atomic E-state index is 12.5. The van der Waals surface area contributed by atoms with Crippen molar-refractivity contribution >= 4 is 6.03 Å². The van der Waals surface area contributed by atoms with Gasteiger partial charge in [-0.15, -0.1) is 0 Å². The van der Waals surface area contributed by atoms with Gasteiger partial charge in [0.25, 0.3) is 0 Å². The summed E-state index contributed by atoms with van der Waals surface area (Å²) < 4.78 is 0. The number of piperidine rings is 1. The van der Waals surface area contributed by atoms with Crippen molar-refractivity contribution in [1.82, 2.24) is 20.0 Å². The smallest absolute Gasteiger partial charge is 0.317 e. The van der Waals surface area contributed by atoms with Crippen LogP contribution in [-0.2, 0) is 6.54 Å². The van der Waals surface area contributed by atoms with Gasteiger partial charge in [0, 0.05) is 52.4 Å². The summed E-state index contributed by atoms with van der Waals surface area (Å²) in [4.78, 5) is 19.2. The van der Waals surface area contributed by atoms with Crippen LogP contribution in [0.25, 0.3) is 0 Å². The molecule has 0 aromatic heterocycles. The number of amides is 2. The van der Waals surface area contributed by atoms with Crippen LogP contribution in [0.4, 0.5) is 4.79 Å². The standard InChI is InChI=1S/C22H36N4O2/c1-22(2,28)18-24-11-13-26(14-12-24)21(27)23-15-20-9-6-10-25(17-20)16-19-7-4-3-5-8-19/h3-5,7-8,20,28H,6,9-18H2,1-2H3,(H,23,27). The number of rotatable bonds is 6. The van der Waals surface area contributed by atoms with Gasteiger partial charge in [-0.25, -0.2) is 4.79 Å². The van der Waals surface area contributed by atoms with Crippen molar-refractivity contribution in [2.45, 2.75) is 38.8 Å². The molecule has 0 radical (unpaired) electrons. The van der Waals surface area contributed by atoms with E-state index in [1.54, 1.807) is 0 Å². The third-order valence-corrected chi connectivity index (χ3v) is 5.66. The van der Waals surface area contributed by atoms with Gasteiger partial charge in [-0.3, -0.25) is 9.80 Å². The molecule has 2 amide bonds. The molecule has 0 bridgehead atoms. The molecule has 2 aliphatic rings. The van der Waals surface area contributed by atoms with Gasteiger partial charge in [-0.2, -0.15) is 0 Å². The Kier molecular flexibility index (Phi) is 7.32. The molecule has 0 spiro atoms. The Morgan fingerprint density at radius 1 is 1.11 bits per heavy atom. The van der Waals surface area contributed by atoms with E-state index in [4.69, 9.17) is 0 Å². The first-order valence-electron chi connectivity index (χ1n) is 10.6. The number of hydrogen-bond donors (Lipinski definition) is 2. The SMILES string of the molecule is CC(C)(O)CN1CCN(C(=O)NCC2CCCN(Cc3ccccc3)C2)CC1. The van der Waals surface area contributed by atoms with Crippen LogP contribution in [0.1, 0.15) is 32.3 Å². The van der Waals surface area contributed by atoms with E-state index < -0.39 is 5.60 Å². The number of likely N-dealkylation sites (tertiary alicyclic amines) is 1. The highest BCUT2D eigenvalue weighted by Gasteiger charge is 2.26. The van der Waals surface area contributed by atoms with Crippen molar-refractivity contribution in [2.24, 2.45) is 5.92 Å². The Morgan fingerprint density at radius 2 is 1.82 bits per heavy atom. The summed E-state index contributed by atoms with van der Waals surface area (Å²) in [6.07, 6.45) is 2.38. The van der Waals surface area contributed by atoms with E-state index in [9.17, 15) is 9.90 Å². The van der Waals surface area contributed by atoms with Crippen LogP contribution in [-0.4, -0.2) is 83.8 Å². The highest BCUT2D eigenvalue weighted by Crippen LogP contribution is 2.18. The lowest BCUT2D eigenvalue weighted by atomic mass is 9.97. The monoisotopic (exact) mass is 388 g/mol. The minimum atomic E-state index is -0.683. The van der Waals surface area contributed by atoms with E-state index in [2.05, 4.69) is 45.4 Å². The van der Waals surface area contributed by atoms with E-state index in [0.29, 0.717) is 12.5 Å². The summed E-state index contributed by atoms with van der Waals surface area (Å²) in [7, 11) is 0. The van der Waals surface area contributed by atoms with Crippen LogP contribution in [0.2, 0.25) is 0 Å². The van der Waals surface area contributed by atoms with Gasteiger partial charge in [0.15, 0.2) is 0 Å². The lowest BCUT2D eigenvalue weighted by Gasteiger charge is -2.38. The second-order valence-electron chi connectivity index (χ2n) is 8.99. The molecule has 1 aromatic rings. The maximum atomic E-state index is 12.5. The topological polar surface area (TPSA) is 59.1 Å². The number of nitrogens with one attached hydrogen (secondary N) is 1. The van der Waals surface area contributed by atoms with Crippen LogP contribution < -0.4 is 5.32 Å². The fourth-order valence-corrected chi connectivity index (χ4v) is 4.30. The van der Waals surface area contributed by atoms with Crippen molar-refractivity contribution in [3.63, 3.8) is 0 Å². The number of benzene rings is 1. The highest BCUT2D eigenvalue weighted by molar-refractivity contribution is 5.74. The third kappa shape index (κ3) is 6.76. The fourth-order valence-electron chi connectivity index (χ4n) is 4.30. The average molecular weight is 389 g/mol. The zero-order valence-electron chi connectivity index (χ0n) is 17.4. The van der Waals surface area contributed by atoms with Crippen molar-refractivity contribution in [1.29, 1.82) is 0 Å². The van der Waals surface area contributed by atoms with Crippen molar-refractivity contribution in [3.05, 3.63) is 35.9 Å². The number of aliphatic hydroxyl groups is 1. The van der Waals surface area contributed by atoms with E-state index in [-0.39, 0.29) is 6.03 Å². The summed E-state index contributed by atoms with van der Waals surface area (Å²) in [5.74, 6) is 0.526. The normalized spacial score (nSPS) is 22.2. The van der Waals surface area contributed by atoms with Gasteiger partial charge in [0.2, 0.25) is 0 Å². The quantitative estimate of drug-likeness (QED) is 0.783. The molecule has 28 heavy (non-hydrogen) atoms. The minimum Gasteiger partial charge on any atom is -0.389 e. The molecule has 1 aromatic carbocycles. The van der Waals surface area contributed by atoms with Gasteiger partial charge in [0.05, 0.1) is 5.60 Å². The van der Waals surface area contributed by atoms with Gasteiger partial charge in [-0.1, -0.05) is 30.3 Å². The average Bonchev–Trinajstić information content (AvgIpc) is 2.66. The molecule has 2 heterocycles. The number of hydrogen-bond acceptors (Lipinski definition) is 4. The molecular formula is C22H36N4O2. The Labute approximate surface area is 169 Å². The molecule has 1 atom stereocenters. The number of carbonyl (C=O) groups excluding carboxylic acids is 1. The van der Waals surface area contributed by atoms with Crippen LogP contribution in [0, 0.1) is 5.92 Å². The first-order chi connectivity index (χ1) is 13.4. The molecule has 3 rings (SSSR count). The minimum absolute atomic E-state index is 0.0584. The van der Waals surface area contributed by atoms with E-state index in [1.165, 1.54) is 18.4 Å². The van der Waals surface area contributed by atoms with Gasteiger partial charge in [0.1, 0.15) is 0 Å². The molecule has 2 fully saturated rings. The summed E-state index contributed by atoms with van der Waals surface area (Å²) in [5, 5.41) is 13.1. The number of β-amino-alcohol motifs (C(OH)–C–C–N with tert-alkyl or cyclic N) is 1. The number of piperazine rings is 1. The van der Waals surface area contributed by atoms with Gasteiger partial charge in [-0.05, 0) is 44.7 Å².